The third-order valence-corrected chi connectivity index (χ3v) is 4.52. The van der Waals surface area contributed by atoms with Crippen molar-refractivity contribution in [3.8, 4) is 0 Å². The third kappa shape index (κ3) is 2.40. The predicted octanol–water partition coefficient (Wildman–Crippen LogP) is 4.11. The lowest BCUT2D eigenvalue weighted by Gasteiger charge is -2.23. The third-order valence-electron chi connectivity index (χ3n) is 4.52. The number of benzene rings is 2. The van der Waals surface area contributed by atoms with Gasteiger partial charge in [-0.3, -0.25) is 4.79 Å². The van der Waals surface area contributed by atoms with Crippen molar-refractivity contribution in [2.24, 2.45) is 0 Å². The zero-order valence-electron chi connectivity index (χ0n) is 13.0. The van der Waals surface area contributed by atoms with E-state index in [9.17, 15) is 4.79 Å². The molecule has 0 spiro atoms. The van der Waals surface area contributed by atoms with Crippen LogP contribution in [0.5, 0.6) is 0 Å². The molecule has 1 aliphatic heterocycles. The Morgan fingerprint density at radius 3 is 2.87 bits per heavy atom. The average Bonchev–Trinajstić information content (AvgIpc) is 3.22. The van der Waals surface area contributed by atoms with Gasteiger partial charge in [0.2, 0.25) is 0 Å². The van der Waals surface area contributed by atoms with E-state index in [-0.39, 0.29) is 11.9 Å². The molecule has 0 aliphatic carbocycles. The lowest BCUT2D eigenvalue weighted by molar-refractivity contribution is 0.0733. The van der Waals surface area contributed by atoms with E-state index < -0.39 is 0 Å². The molecule has 0 bridgehead atoms. The minimum atomic E-state index is 0.0129. The van der Waals surface area contributed by atoms with E-state index in [1.807, 2.05) is 60.4 Å². The summed E-state index contributed by atoms with van der Waals surface area (Å²) in [5.41, 5.74) is 1.61. The normalized spacial score (nSPS) is 17.8. The minimum absolute atomic E-state index is 0.0129. The van der Waals surface area contributed by atoms with Gasteiger partial charge in [0, 0.05) is 18.2 Å². The molecule has 0 N–H and O–H groups in total. The second kappa shape index (κ2) is 5.54. The molecule has 2 aromatic carbocycles. The van der Waals surface area contributed by atoms with Gasteiger partial charge in [0.1, 0.15) is 11.5 Å². The zero-order chi connectivity index (χ0) is 15.8. The smallest absolute Gasteiger partial charge is 0.255 e. The summed E-state index contributed by atoms with van der Waals surface area (Å²) in [5.74, 6) is 0.856. The summed E-state index contributed by atoms with van der Waals surface area (Å²) in [6.45, 7) is 2.64. The van der Waals surface area contributed by atoms with Crippen LogP contribution in [0, 0.1) is 6.92 Å². The van der Waals surface area contributed by atoms with Crippen LogP contribution in [0.4, 0.5) is 0 Å². The number of carbonyl (C=O) groups excluding carboxylic acids is 1. The standard InChI is InChI=1S/C19H18N2O2/c1-13-12-17(20-23-13)18-10-5-11-21(18)19(22)16-9-4-7-14-6-2-3-8-15(14)16/h2-4,6-9,12,18H,5,10-11H2,1H3/t18-/m0/s1. The average molecular weight is 306 g/mol. The molecule has 4 rings (SSSR count). The quantitative estimate of drug-likeness (QED) is 0.715. The Hall–Kier alpha value is -2.62. The number of rotatable bonds is 2. The van der Waals surface area contributed by atoms with Crippen molar-refractivity contribution in [3.63, 3.8) is 0 Å². The molecule has 1 aromatic heterocycles. The number of fused-ring (bicyclic) bond motifs is 1. The van der Waals surface area contributed by atoms with E-state index in [1.54, 1.807) is 0 Å². The van der Waals surface area contributed by atoms with Crippen LogP contribution in [0.1, 0.15) is 40.7 Å². The monoisotopic (exact) mass is 306 g/mol. The Morgan fingerprint density at radius 2 is 2.04 bits per heavy atom. The number of hydrogen-bond acceptors (Lipinski definition) is 3. The summed E-state index contributed by atoms with van der Waals surface area (Å²) < 4.78 is 5.19. The van der Waals surface area contributed by atoms with Gasteiger partial charge < -0.3 is 9.42 Å². The number of aryl methyl sites for hydroxylation is 1. The number of hydrogen-bond donors (Lipinski definition) is 0. The molecule has 0 radical (unpaired) electrons. The van der Waals surface area contributed by atoms with Crippen molar-refractivity contribution in [2.75, 3.05) is 6.54 Å². The molecule has 3 aromatic rings. The first kappa shape index (κ1) is 14.0. The van der Waals surface area contributed by atoms with Gasteiger partial charge in [0.15, 0.2) is 0 Å². The fourth-order valence-corrected chi connectivity index (χ4v) is 3.43. The Balaban J connectivity index is 1.72. The fourth-order valence-electron chi connectivity index (χ4n) is 3.43. The molecular formula is C19H18N2O2. The number of amides is 1. The van der Waals surface area contributed by atoms with Gasteiger partial charge in [-0.25, -0.2) is 0 Å². The lowest BCUT2D eigenvalue weighted by Crippen LogP contribution is -2.30. The van der Waals surface area contributed by atoms with Crippen molar-refractivity contribution in [1.82, 2.24) is 10.1 Å². The topological polar surface area (TPSA) is 46.3 Å². The second-order valence-electron chi connectivity index (χ2n) is 6.05. The van der Waals surface area contributed by atoms with Crippen LogP contribution in [0.15, 0.2) is 53.1 Å². The van der Waals surface area contributed by atoms with E-state index in [0.717, 1.165) is 47.2 Å². The highest BCUT2D eigenvalue weighted by Crippen LogP contribution is 2.33. The van der Waals surface area contributed by atoms with Gasteiger partial charge >= 0.3 is 0 Å². The first-order chi connectivity index (χ1) is 11.2. The van der Waals surface area contributed by atoms with Gasteiger partial charge in [-0.1, -0.05) is 41.6 Å². The SMILES string of the molecule is Cc1cc([C@@H]2CCCN2C(=O)c2cccc3ccccc23)no1. The molecule has 4 heteroatoms. The Kier molecular flexibility index (Phi) is 3.37. The minimum Gasteiger partial charge on any atom is -0.361 e. The maximum absolute atomic E-state index is 13.1. The van der Waals surface area contributed by atoms with Crippen LogP contribution in [0.2, 0.25) is 0 Å². The molecule has 1 atom stereocenters. The zero-order valence-corrected chi connectivity index (χ0v) is 13.0. The van der Waals surface area contributed by atoms with Gasteiger partial charge in [-0.15, -0.1) is 0 Å². The Bertz CT molecular complexity index is 863. The first-order valence-corrected chi connectivity index (χ1v) is 7.96. The molecule has 1 amide bonds. The number of likely N-dealkylation sites (tertiary alicyclic amines) is 1. The highest BCUT2D eigenvalue weighted by molar-refractivity contribution is 6.07. The summed E-state index contributed by atoms with van der Waals surface area (Å²) in [5, 5.41) is 6.21. The molecule has 0 unspecified atom stereocenters. The van der Waals surface area contributed by atoms with Crippen molar-refractivity contribution >= 4 is 16.7 Å². The molecule has 1 aliphatic rings. The Morgan fingerprint density at radius 1 is 1.22 bits per heavy atom. The van der Waals surface area contributed by atoms with Crippen LogP contribution in [0.25, 0.3) is 10.8 Å². The predicted molar refractivity (Wildman–Crippen MR) is 88.2 cm³/mol. The van der Waals surface area contributed by atoms with Gasteiger partial charge in [-0.2, -0.15) is 0 Å². The van der Waals surface area contributed by atoms with Gasteiger partial charge in [-0.05, 0) is 36.6 Å². The van der Waals surface area contributed by atoms with Crippen molar-refractivity contribution < 1.29 is 9.32 Å². The molecule has 1 fully saturated rings. The molecule has 23 heavy (non-hydrogen) atoms. The van der Waals surface area contributed by atoms with Crippen LogP contribution >= 0.6 is 0 Å². The van der Waals surface area contributed by atoms with E-state index >= 15 is 0 Å². The summed E-state index contributed by atoms with van der Waals surface area (Å²) >= 11 is 0. The molecule has 116 valence electrons. The fraction of sp³-hybridized carbons (Fsp3) is 0.263. The van der Waals surface area contributed by atoms with E-state index in [1.165, 1.54) is 0 Å². The second-order valence-corrected chi connectivity index (χ2v) is 6.05. The van der Waals surface area contributed by atoms with E-state index in [0.29, 0.717) is 0 Å². The van der Waals surface area contributed by atoms with Gasteiger partial charge in [0.05, 0.1) is 6.04 Å². The molecule has 4 nitrogen and oxygen atoms in total. The maximum atomic E-state index is 13.1. The largest absolute Gasteiger partial charge is 0.361 e. The molecular weight excluding hydrogens is 288 g/mol. The highest BCUT2D eigenvalue weighted by Gasteiger charge is 2.33. The van der Waals surface area contributed by atoms with Crippen molar-refractivity contribution in [2.45, 2.75) is 25.8 Å². The Labute approximate surface area is 134 Å². The molecule has 0 saturated carbocycles. The number of aromatic nitrogens is 1. The van der Waals surface area contributed by atoms with Crippen LogP contribution in [-0.4, -0.2) is 22.5 Å². The molecule has 1 saturated heterocycles. The van der Waals surface area contributed by atoms with Crippen LogP contribution in [-0.2, 0) is 0 Å². The summed E-state index contributed by atoms with van der Waals surface area (Å²) in [7, 11) is 0. The van der Waals surface area contributed by atoms with E-state index in [4.69, 9.17) is 4.52 Å². The van der Waals surface area contributed by atoms with Crippen molar-refractivity contribution in [1.29, 1.82) is 0 Å². The number of nitrogens with zero attached hydrogens (tertiary/aromatic N) is 2. The summed E-state index contributed by atoms with van der Waals surface area (Å²) in [6.07, 6.45) is 1.93. The maximum Gasteiger partial charge on any atom is 0.255 e. The van der Waals surface area contributed by atoms with Crippen LogP contribution in [0.3, 0.4) is 0 Å². The van der Waals surface area contributed by atoms with E-state index in [2.05, 4.69) is 5.16 Å². The molecule has 2 heterocycles. The first-order valence-electron chi connectivity index (χ1n) is 7.96. The lowest BCUT2D eigenvalue weighted by atomic mass is 10.0. The van der Waals surface area contributed by atoms with Crippen LogP contribution < -0.4 is 0 Å². The van der Waals surface area contributed by atoms with Crippen molar-refractivity contribution in [3.05, 3.63) is 65.5 Å². The number of carbonyl (C=O) groups is 1. The summed E-state index contributed by atoms with van der Waals surface area (Å²) in [4.78, 5) is 15.0. The highest BCUT2D eigenvalue weighted by atomic mass is 16.5. The summed E-state index contributed by atoms with van der Waals surface area (Å²) in [6, 6.07) is 15.8. The van der Waals surface area contributed by atoms with Gasteiger partial charge in [0.25, 0.3) is 5.91 Å².